The van der Waals surface area contributed by atoms with E-state index < -0.39 is 0 Å². The van der Waals surface area contributed by atoms with Gasteiger partial charge in [-0.1, -0.05) is 23.7 Å². The Hall–Kier alpha value is -2.68. The van der Waals surface area contributed by atoms with Crippen molar-refractivity contribution in [2.75, 3.05) is 0 Å². The van der Waals surface area contributed by atoms with Gasteiger partial charge in [0, 0.05) is 41.8 Å². The molecule has 0 aliphatic carbocycles. The summed E-state index contributed by atoms with van der Waals surface area (Å²) in [6.07, 6.45) is 3.53. The van der Waals surface area contributed by atoms with Gasteiger partial charge in [-0.25, -0.2) is 0 Å². The number of aromatic nitrogens is 2. The topological polar surface area (TPSA) is 25.8 Å². The minimum atomic E-state index is 0.780. The van der Waals surface area contributed by atoms with Crippen LogP contribution in [0.4, 0.5) is 0 Å². The lowest BCUT2D eigenvalue weighted by Crippen LogP contribution is -1.89. The number of halogens is 2. The van der Waals surface area contributed by atoms with E-state index >= 15 is 0 Å². The van der Waals surface area contributed by atoms with Crippen LogP contribution in [0.3, 0.4) is 0 Å². The quantitative estimate of drug-likeness (QED) is 0.192. The highest BCUT2D eigenvalue weighted by Gasteiger charge is 2.02. The van der Waals surface area contributed by atoms with Gasteiger partial charge >= 0.3 is 0 Å². The fourth-order valence-electron chi connectivity index (χ4n) is 2.65. The molecule has 0 unspecified atom stereocenters. The summed E-state index contributed by atoms with van der Waals surface area (Å²) < 4.78 is 2.39. The minimum absolute atomic E-state index is 0.780. The zero-order valence-electron chi connectivity index (χ0n) is 15.7. The summed E-state index contributed by atoms with van der Waals surface area (Å²) in [6, 6.07) is 24.0. The van der Waals surface area contributed by atoms with E-state index in [0.717, 1.165) is 33.6 Å². The minimum Gasteiger partial charge on any atom is -0.255 e. The van der Waals surface area contributed by atoms with Crippen LogP contribution in [0.2, 0.25) is 0 Å². The van der Waals surface area contributed by atoms with Gasteiger partial charge in [0.2, 0.25) is 0 Å². The second-order valence-electron chi connectivity index (χ2n) is 6.37. The summed E-state index contributed by atoms with van der Waals surface area (Å²) in [5, 5.41) is 0. The van der Waals surface area contributed by atoms with E-state index in [1.165, 1.54) is 7.14 Å². The van der Waals surface area contributed by atoms with Crippen LogP contribution in [0.1, 0.15) is 22.3 Å². The van der Waals surface area contributed by atoms with Gasteiger partial charge in [0.1, 0.15) is 0 Å². The zero-order valence-corrected chi connectivity index (χ0v) is 20.0. The Morgan fingerprint density at radius 2 is 0.833 bits per heavy atom. The molecule has 0 radical (unpaired) electrons. The second-order valence-corrected chi connectivity index (χ2v) is 8.86. The summed E-state index contributed by atoms with van der Waals surface area (Å²) in [4.78, 5) is 8.93. The van der Waals surface area contributed by atoms with E-state index in [0.29, 0.717) is 0 Å². The number of nitrogens with zero attached hydrogens (tertiary/aromatic N) is 2. The SMILES string of the molecule is Ic1ccc(C#Cc2ccnc(-c3cc(C#Cc4ccc(I)cc4)ccn3)c2)cc1. The molecule has 2 aromatic heterocycles. The maximum absolute atomic E-state index is 4.47. The standard InChI is InChI=1S/C26H14I2N2/c27-23-9-5-19(6-10-23)1-3-21-13-15-29-25(17-21)26-18-22(14-16-30-26)4-2-20-7-11-24(28)12-8-20/h5-18H. The first-order valence-electron chi connectivity index (χ1n) is 9.13. The number of hydrogen-bond acceptors (Lipinski definition) is 2. The lowest BCUT2D eigenvalue weighted by atomic mass is 10.1. The zero-order chi connectivity index (χ0) is 20.8. The maximum Gasteiger partial charge on any atom is 0.0898 e. The van der Waals surface area contributed by atoms with Crippen LogP contribution in [-0.2, 0) is 0 Å². The summed E-state index contributed by atoms with van der Waals surface area (Å²) in [7, 11) is 0. The van der Waals surface area contributed by atoms with Gasteiger partial charge in [-0.05, 0) is 118 Å². The van der Waals surface area contributed by atoms with Crippen molar-refractivity contribution in [3.8, 4) is 35.1 Å². The predicted octanol–water partition coefficient (Wildman–Crippen LogP) is 6.15. The molecule has 0 amide bonds. The van der Waals surface area contributed by atoms with Crippen LogP contribution < -0.4 is 0 Å². The van der Waals surface area contributed by atoms with Crippen molar-refractivity contribution < 1.29 is 0 Å². The van der Waals surface area contributed by atoms with Gasteiger partial charge in [-0.2, -0.15) is 0 Å². The van der Waals surface area contributed by atoms with Gasteiger partial charge in [0.15, 0.2) is 0 Å². The molecule has 0 fully saturated rings. The summed E-state index contributed by atoms with van der Waals surface area (Å²) in [6.45, 7) is 0. The highest BCUT2D eigenvalue weighted by Crippen LogP contribution is 2.16. The van der Waals surface area contributed by atoms with Gasteiger partial charge in [-0.15, -0.1) is 0 Å². The highest BCUT2D eigenvalue weighted by molar-refractivity contribution is 14.1. The van der Waals surface area contributed by atoms with E-state index in [2.05, 4.69) is 103 Å². The van der Waals surface area contributed by atoms with Gasteiger partial charge in [0.05, 0.1) is 11.4 Å². The van der Waals surface area contributed by atoms with Gasteiger partial charge in [-0.3, -0.25) is 9.97 Å². The average molecular weight is 608 g/mol. The van der Waals surface area contributed by atoms with E-state index in [1.807, 2.05) is 48.5 Å². The predicted molar refractivity (Wildman–Crippen MR) is 138 cm³/mol. The van der Waals surface area contributed by atoms with E-state index in [1.54, 1.807) is 12.4 Å². The van der Waals surface area contributed by atoms with Gasteiger partial charge in [0.25, 0.3) is 0 Å². The molecule has 0 spiro atoms. The molecular formula is C26H14I2N2. The Balaban J connectivity index is 1.58. The number of pyridine rings is 2. The molecule has 0 aliphatic rings. The molecule has 0 saturated carbocycles. The van der Waals surface area contributed by atoms with Crippen LogP contribution in [0.15, 0.2) is 85.2 Å². The van der Waals surface area contributed by atoms with Crippen LogP contribution in [0.5, 0.6) is 0 Å². The van der Waals surface area contributed by atoms with Gasteiger partial charge < -0.3 is 0 Å². The fraction of sp³-hybridized carbons (Fsp3) is 0. The molecule has 2 heterocycles. The highest BCUT2D eigenvalue weighted by atomic mass is 127. The number of hydrogen-bond donors (Lipinski definition) is 0. The smallest absolute Gasteiger partial charge is 0.0898 e. The first-order chi connectivity index (χ1) is 14.7. The molecule has 4 rings (SSSR count). The number of rotatable bonds is 1. The van der Waals surface area contributed by atoms with Crippen LogP contribution in [-0.4, -0.2) is 9.97 Å². The van der Waals surface area contributed by atoms with E-state index in [4.69, 9.17) is 0 Å². The molecule has 4 aromatic rings. The van der Waals surface area contributed by atoms with Crippen molar-refractivity contribution in [1.82, 2.24) is 9.97 Å². The Labute approximate surface area is 203 Å². The third-order valence-corrected chi connectivity index (χ3v) is 5.61. The average Bonchev–Trinajstić information content (AvgIpc) is 2.79. The lowest BCUT2D eigenvalue weighted by molar-refractivity contribution is 1.24. The van der Waals surface area contributed by atoms with Crippen LogP contribution in [0, 0.1) is 30.8 Å². The van der Waals surface area contributed by atoms with Crippen molar-refractivity contribution in [3.63, 3.8) is 0 Å². The molecule has 0 atom stereocenters. The molecular weight excluding hydrogens is 594 g/mol. The Kier molecular flexibility index (Phi) is 6.78. The largest absolute Gasteiger partial charge is 0.255 e. The van der Waals surface area contributed by atoms with Crippen molar-refractivity contribution >= 4 is 45.2 Å². The summed E-state index contributed by atoms with van der Waals surface area (Å²) >= 11 is 4.57. The Bertz CT molecular complexity index is 1200. The molecule has 2 aromatic carbocycles. The lowest BCUT2D eigenvalue weighted by Gasteiger charge is -2.01. The fourth-order valence-corrected chi connectivity index (χ4v) is 3.37. The molecule has 4 heteroatoms. The van der Waals surface area contributed by atoms with Crippen LogP contribution >= 0.6 is 45.2 Å². The molecule has 30 heavy (non-hydrogen) atoms. The number of benzene rings is 2. The molecule has 0 N–H and O–H groups in total. The molecule has 0 aliphatic heterocycles. The molecule has 0 saturated heterocycles. The summed E-state index contributed by atoms with van der Waals surface area (Å²) in [5.41, 5.74) is 5.33. The van der Waals surface area contributed by atoms with E-state index in [-0.39, 0.29) is 0 Å². The van der Waals surface area contributed by atoms with Crippen molar-refractivity contribution in [1.29, 1.82) is 0 Å². The monoisotopic (exact) mass is 608 g/mol. The second kappa shape index (κ2) is 9.88. The molecule has 0 bridgehead atoms. The maximum atomic E-state index is 4.47. The normalized spacial score (nSPS) is 9.80. The van der Waals surface area contributed by atoms with Crippen molar-refractivity contribution in [2.24, 2.45) is 0 Å². The Morgan fingerprint density at radius 1 is 0.467 bits per heavy atom. The summed E-state index contributed by atoms with van der Waals surface area (Å²) in [5.74, 6) is 12.8. The van der Waals surface area contributed by atoms with E-state index in [9.17, 15) is 0 Å². The third-order valence-electron chi connectivity index (χ3n) is 4.17. The van der Waals surface area contributed by atoms with Crippen molar-refractivity contribution in [2.45, 2.75) is 0 Å². The Morgan fingerprint density at radius 3 is 1.23 bits per heavy atom. The van der Waals surface area contributed by atoms with Crippen molar-refractivity contribution in [3.05, 3.63) is 115 Å². The molecule has 2 nitrogen and oxygen atoms in total. The first-order valence-corrected chi connectivity index (χ1v) is 11.3. The first kappa shape index (κ1) is 20.6. The third kappa shape index (κ3) is 5.69. The molecule has 142 valence electrons. The van der Waals surface area contributed by atoms with Crippen LogP contribution in [0.25, 0.3) is 11.4 Å².